The summed E-state index contributed by atoms with van der Waals surface area (Å²) in [5.74, 6) is 0.435. The summed E-state index contributed by atoms with van der Waals surface area (Å²) in [5, 5.41) is 8.93. The highest BCUT2D eigenvalue weighted by molar-refractivity contribution is 6.32. The monoisotopic (exact) mass is 438 g/mol. The zero-order valence-corrected chi connectivity index (χ0v) is 17.3. The summed E-state index contributed by atoms with van der Waals surface area (Å²) in [4.78, 5) is 9.26. The van der Waals surface area contributed by atoms with Gasteiger partial charge in [-0.15, -0.1) is 5.10 Å². The quantitative estimate of drug-likeness (QED) is 0.478. The van der Waals surface area contributed by atoms with Gasteiger partial charge in [0, 0.05) is 18.7 Å². The Hall–Kier alpha value is -3.23. The van der Waals surface area contributed by atoms with Crippen molar-refractivity contribution < 1.29 is 9.13 Å². The van der Waals surface area contributed by atoms with Crippen LogP contribution >= 0.6 is 11.6 Å². The number of anilines is 2. The summed E-state index contributed by atoms with van der Waals surface area (Å²) in [5.41, 5.74) is 8.81. The van der Waals surface area contributed by atoms with Gasteiger partial charge in [0.25, 0.3) is 0 Å². The standard InChI is InChI=1S/C22H20ClFN6O/c23-16-5-1-2-6-17(16)30-20(25)18-19(13-7-9-14(24)10-8-13)27-22(28-21(18)29-30)26-12-15-4-3-11-31-15/h1-2,5-10,15H,3-4,11-12,25H2,(H,26,28,29). The number of rotatable bonds is 5. The molecule has 158 valence electrons. The SMILES string of the molecule is Nc1c2c(-c3ccc(F)cc3)nc(NCC3CCCO3)nc2nn1-c1ccccc1Cl. The molecule has 3 heterocycles. The molecule has 0 aliphatic carbocycles. The van der Waals surface area contributed by atoms with Gasteiger partial charge in [-0.2, -0.15) is 4.98 Å². The van der Waals surface area contributed by atoms with E-state index in [4.69, 9.17) is 22.1 Å². The normalized spacial score (nSPS) is 16.1. The molecule has 7 nitrogen and oxygen atoms in total. The number of nitrogens with zero attached hydrogens (tertiary/aromatic N) is 4. The molecule has 1 fully saturated rings. The fourth-order valence-corrected chi connectivity index (χ4v) is 3.94. The average Bonchev–Trinajstić information content (AvgIpc) is 3.41. The Morgan fingerprint density at radius 2 is 1.97 bits per heavy atom. The molecule has 0 saturated carbocycles. The van der Waals surface area contributed by atoms with Crippen molar-refractivity contribution in [3.05, 3.63) is 59.4 Å². The van der Waals surface area contributed by atoms with Gasteiger partial charge in [0.2, 0.25) is 5.95 Å². The Balaban J connectivity index is 1.65. The maximum absolute atomic E-state index is 13.5. The van der Waals surface area contributed by atoms with Gasteiger partial charge >= 0.3 is 0 Å². The lowest BCUT2D eigenvalue weighted by molar-refractivity contribution is 0.120. The van der Waals surface area contributed by atoms with Gasteiger partial charge in [0.05, 0.1) is 27.9 Å². The molecule has 0 bridgehead atoms. The van der Waals surface area contributed by atoms with Gasteiger partial charge in [-0.1, -0.05) is 23.7 Å². The van der Waals surface area contributed by atoms with Crippen molar-refractivity contribution in [3.63, 3.8) is 0 Å². The third-order valence-corrected chi connectivity index (χ3v) is 5.60. The van der Waals surface area contributed by atoms with Gasteiger partial charge in [0.1, 0.15) is 11.6 Å². The van der Waals surface area contributed by atoms with Crippen LogP contribution in [0.5, 0.6) is 0 Å². The maximum Gasteiger partial charge on any atom is 0.225 e. The van der Waals surface area contributed by atoms with E-state index >= 15 is 0 Å². The predicted molar refractivity (Wildman–Crippen MR) is 119 cm³/mol. The van der Waals surface area contributed by atoms with Crippen LogP contribution in [0.2, 0.25) is 5.02 Å². The van der Waals surface area contributed by atoms with Crippen LogP contribution in [0.4, 0.5) is 16.2 Å². The van der Waals surface area contributed by atoms with E-state index in [2.05, 4.69) is 20.4 Å². The molecule has 3 N–H and O–H groups in total. The predicted octanol–water partition coefficient (Wildman–Crippen LogP) is 4.45. The van der Waals surface area contributed by atoms with Crippen LogP contribution in [0.25, 0.3) is 28.0 Å². The van der Waals surface area contributed by atoms with Crippen LogP contribution in [0.15, 0.2) is 48.5 Å². The first-order valence-electron chi connectivity index (χ1n) is 10.0. The van der Waals surface area contributed by atoms with Crippen LogP contribution in [0.1, 0.15) is 12.8 Å². The van der Waals surface area contributed by atoms with E-state index in [1.54, 1.807) is 22.9 Å². The number of nitrogen functional groups attached to an aromatic ring is 1. The zero-order chi connectivity index (χ0) is 21.4. The van der Waals surface area contributed by atoms with E-state index in [1.807, 2.05) is 18.2 Å². The third kappa shape index (κ3) is 3.80. The maximum atomic E-state index is 13.5. The molecule has 1 aliphatic rings. The van der Waals surface area contributed by atoms with Gasteiger partial charge in [0.15, 0.2) is 5.65 Å². The number of nitrogens with two attached hydrogens (primary N) is 1. The van der Waals surface area contributed by atoms with Gasteiger partial charge in [-0.25, -0.2) is 14.1 Å². The Morgan fingerprint density at radius 1 is 1.16 bits per heavy atom. The third-order valence-electron chi connectivity index (χ3n) is 5.28. The lowest BCUT2D eigenvalue weighted by Gasteiger charge is -2.12. The molecule has 1 aliphatic heterocycles. The van der Waals surface area contributed by atoms with Gasteiger partial charge < -0.3 is 15.8 Å². The van der Waals surface area contributed by atoms with Crippen molar-refractivity contribution in [2.24, 2.45) is 0 Å². The molecular weight excluding hydrogens is 419 g/mol. The lowest BCUT2D eigenvalue weighted by atomic mass is 10.1. The van der Waals surface area contributed by atoms with Crippen LogP contribution in [-0.4, -0.2) is 39.0 Å². The Morgan fingerprint density at radius 3 is 2.71 bits per heavy atom. The van der Waals surface area contributed by atoms with E-state index in [0.717, 1.165) is 19.4 Å². The van der Waals surface area contributed by atoms with Gasteiger partial charge in [-0.05, 0) is 49.2 Å². The first-order chi connectivity index (χ1) is 15.1. The molecule has 2 aromatic heterocycles. The molecule has 2 aromatic carbocycles. The summed E-state index contributed by atoms with van der Waals surface area (Å²) >= 11 is 6.37. The smallest absolute Gasteiger partial charge is 0.225 e. The average molecular weight is 439 g/mol. The minimum absolute atomic E-state index is 0.124. The molecular formula is C22H20ClFN6O. The topological polar surface area (TPSA) is 90.9 Å². The molecule has 1 atom stereocenters. The first kappa shape index (κ1) is 19.7. The Kier molecular flexibility index (Phi) is 5.17. The summed E-state index contributed by atoms with van der Waals surface area (Å²) < 4.78 is 20.7. The largest absolute Gasteiger partial charge is 0.383 e. The fraction of sp³-hybridized carbons (Fsp3) is 0.227. The number of hydrogen-bond donors (Lipinski definition) is 2. The highest BCUT2D eigenvalue weighted by atomic mass is 35.5. The van der Waals surface area contributed by atoms with E-state index in [0.29, 0.717) is 51.3 Å². The fourth-order valence-electron chi connectivity index (χ4n) is 3.72. The number of ether oxygens (including phenoxy) is 1. The Labute approximate surface area is 183 Å². The minimum Gasteiger partial charge on any atom is -0.383 e. The van der Waals surface area contributed by atoms with Crippen molar-refractivity contribution in [1.29, 1.82) is 0 Å². The number of halogens is 2. The van der Waals surface area contributed by atoms with E-state index in [-0.39, 0.29) is 11.9 Å². The Bertz CT molecular complexity index is 1240. The summed E-state index contributed by atoms with van der Waals surface area (Å²) in [7, 11) is 0. The molecule has 4 aromatic rings. The number of aromatic nitrogens is 4. The van der Waals surface area contributed by atoms with Crippen LogP contribution in [0.3, 0.4) is 0 Å². The van der Waals surface area contributed by atoms with Crippen molar-refractivity contribution in [2.45, 2.75) is 18.9 Å². The summed E-state index contributed by atoms with van der Waals surface area (Å²) in [6.45, 7) is 1.36. The molecule has 0 radical (unpaired) electrons. The highest BCUT2D eigenvalue weighted by Gasteiger charge is 2.21. The van der Waals surface area contributed by atoms with Gasteiger partial charge in [-0.3, -0.25) is 0 Å². The molecule has 5 rings (SSSR count). The minimum atomic E-state index is -0.328. The lowest BCUT2D eigenvalue weighted by Crippen LogP contribution is -2.19. The molecule has 1 saturated heterocycles. The number of benzene rings is 2. The van der Waals surface area contributed by atoms with Crippen LogP contribution < -0.4 is 11.1 Å². The molecule has 0 amide bonds. The van der Waals surface area contributed by atoms with Crippen LogP contribution in [0, 0.1) is 5.82 Å². The number of fused-ring (bicyclic) bond motifs is 1. The second-order valence-electron chi connectivity index (χ2n) is 7.37. The van der Waals surface area contributed by atoms with Crippen molar-refractivity contribution in [1.82, 2.24) is 19.7 Å². The second kappa shape index (κ2) is 8.13. The molecule has 9 heteroatoms. The van der Waals surface area contributed by atoms with Crippen molar-refractivity contribution in [3.8, 4) is 16.9 Å². The van der Waals surface area contributed by atoms with E-state index in [9.17, 15) is 4.39 Å². The highest BCUT2D eigenvalue weighted by Crippen LogP contribution is 2.34. The molecule has 31 heavy (non-hydrogen) atoms. The van der Waals surface area contributed by atoms with Crippen molar-refractivity contribution in [2.75, 3.05) is 24.2 Å². The summed E-state index contributed by atoms with van der Waals surface area (Å²) in [6.07, 6.45) is 2.17. The van der Waals surface area contributed by atoms with E-state index in [1.165, 1.54) is 12.1 Å². The molecule has 0 spiro atoms. The zero-order valence-electron chi connectivity index (χ0n) is 16.6. The number of nitrogens with one attached hydrogen (secondary N) is 1. The van der Waals surface area contributed by atoms with Crippen LogP contribution in [-0.2, 0) is 4.74 Å². The second-order valence-corrected chi connectivity index (χ2v) is 7.77. The number of para-hydroxylation sites is 1. The summed E-state index contributed by atoms with van der Waals surface area (Å²) in [6, 6.07) is 13.4. The molecule has 1 unspecified atom stereocenters. The van der Waals surface area contributed by atoms with Crippen molar-refractivity contribution >= 4 is 34.4 Å². The van der Waals surface area contributed by atoms with E-state index < -0.39 is 0 Å². The number of hydrogen-bond acceptors (Lipinski definition) is 6. The first-order valence-corrected chi connectivity index (χ1v) is 10.4.